The van der Waals surface area contributed by atoms with Crippen molar-refractivity contribution in [2.24, 2.45) is 5.92 Å². The molecule has 14 heavy (non-hydrogen) atoms. The van der Waals surface area contributed by atoms with Crippen LogP contribution in [0.4, 0.5) is 0 Å². The zero-order valence-electron chi connectivity index (χ0n) is 9.57. The Morgan fingerprint density at radius 2 is 2.14 bits per heavy atom. The van der Waals surface area contributed by atoms with E-state index in [0.717, 1.165) is 19.0 Å². The van der Waals surface area contributed by atoms with Crippen molar-refractivity contribution in [3.05, 3.63) is 0 Å². The molecule has 0 aliphatic carbocycles. The Kier molecular flexibility index (Phi) is 4.85. The molecular weight excluding hydrogens is 178 g/mol. The maximum atomic E-state index is 9.64. The van der Waals surface area contributed by atoms with Crippen LogP contribution in [-0.2, 0) is 4.74 Å². The molecule has 0 radical (unpaired) electrons. The summed E-state index contributed by atoms with van der Waals surface area (Å²) in [6.07, 6.45) is 2.23. The van der Waals surface area contributed by atoms with E-state index in [1.807, 2.05) is 0 Å². The van der Waals surface area contributed by atoms with Crippen LogP contribution in [0.2, 0.25) is 0 Å². The van der Waals surface area contributed by atoms with Crippen molar-refractivity contribution < 1.29 is 9.84 Å². The molecule has 3 nitrogen and oxygen atoms in total. The van der Waals surface area contributed by atoms with Gasteiger partial charge in [-0.05, 0) is 25.7 Å². The largest absolute Gasteiger partial charge is 0.389 e. The van der Waals surface area contributed by atoms with Crippen LogP contribution in [0.15, 0.2) is 0 Å². The van der Waals surface area contributed by atoms with Crippen LogP contribution in [0, 0.1) is 5.92 Å². The minimum Gasteiger partial charge on any atom is -0.389 e. The van der Waals surface area contributed by atoms with Crippen LogP contribution in [0.1, 0.15) is 26.7 Å². The van der Waals surface area contributed by atoms with Crippen molar-refractivity contribution in [1.82, 2.24) is 4.90 Å². The van der Waals surface area contributed by atoms with Crippen LogP contribution in [0.5, 0.6) is 0 Å². The maximum Gasteiger partial charge on any atom is 0.0900 e. The molecule has 3 atom stereocenters. The topological polar surface area (TPSA) is 32.7 Å². The summed E-state index contributed by atoms with van der Waals surface area (Å²) < 4.78 is 4.93. The lowest BCUT2D eigenvalue weighted by Gasteiger charge is -2.37. The second kappa shape index (κ2) is 5.69. The average Bonchev–Trinajstić information content (AvgIpc) is 2.12. The molecule has 1 fully saturated rings. The van der Waals surface area contributed by atoms with E-state index in [9.17, 15) is 5.11 Å². The molecule has 0 saturated carbocycles. The fraction of sp³-hybridized carbons (Fsp3) is 1.00. The Morgan fingerprint density at radius 3 is 2.79 bits per heavy atom. The van der Waals surface area contributed by atoms with Crippen molar-refractivity contribution in [3.63, 3.8) is 0 Å². The molecule has 0 aromatic rings. The Hall–Kier alpha value is -0.120. The molecule has 0 aromatic heterocycles. The lowest BCUT2D eigenvalue weighted by atomic mass is 9.95. The molecule has 0 bridgehead atoms. The van der Waals surface area contributed by atoms with E-state index >= 15 is 0 Å². The first-order valence-corrected chi connectivity index (χ1v) is 5.54. The number of nitrogens with zero attached hydrogens (tertiary/aromatic N) is 1. The van der Waals surface area contributed by atoms with E-state index in [-0.39, 0.29) is 6.10 Å². The van der Waals surface area contributed by atoms with Gasteiger partial charge < -0.3 is 9.84 Å². The molecule has 0 aromatic carbocycles. The van der Waals surface area contributed by atoms with Gasteiger partial charge in [0.25, 0.3) is 0 Å². The fourth-order valence-electron chi connectivity index (χ4n) is 2.15. The standard InChI is InChI=1S/C11H23NO2/c1-9-4-5-10(2)12(6-9)7-11(13)8-14-3/h9-11,13H,4-8H2,1-3H3. The first kappa shape index (κ1) is 12.0. The molecular formula is C11H23NO2. The van der Waals surface area contributed by atoms with Gasteiger partial charge in [0.05, 0.1) is 12.7 Å². The predicted octanol–water partition coefficient (Wildman–Crippen LogP) is 1.11. The summed E-state index contributed by atoms with van der Waals surface area (Å²) in [5, 5.41) is 9.64. The smallest absolute Gasteiger partial charge is 0.0900 e. The molecule has 1 N–H and O–H groups in total. The van der Waals surface area contributed by atoms with E-state index in [1.54, 1.807) is 7.11 Å². The molecule has 0 amide bonds. The van der Waals surface area contributed by atoms with Gasteiger partial charge >= 0.3 is 0 Å². The predicted molar refractivity (Wildman–Crippen MR) is 57.3 cm³/mol. The van der Waals surface area contributed by atoms with Gasteiger partial charge in [-0.3, -0.25) is 4.90 Å². The number of aliphatic hydroxyl groups excluding tert-OH is 1. The lowest BCUT2D eigenvalue weighted by molar-refractivity contribution is 0.0134. The fourth-order valence-corrected chi connectivity index (χ4v) is 2.15. The second-order valence-corrected chi connectivity index (χ2v) is 4.59. The maximum absolute atomic E-state index is 9.64. The van der Waals surface area contributed by atoms with Gasteiger partial charge in [0.2, 0.25) is 0 Å². The normalized spacial score (nSPS) is 31.7. The molecule has 1 aliphatic rings. The molecule has 84 valence electrons. The number of methoxy groups -OCH3 is 1. The van der Waals surface area contributed by atoms with Crippen LogP contribution in [-0.4, -0.2) is 49.0 Å². The summed E-state index contributed by atoms with van der Waals surface area (Å²) in [5.74, 6) is 0.765. The molecule has 3 unspecified atom stereocenters. The minimum absolute atomic E-state index is 0.340. The average molecular weight is 201 g/mol. The van der Waals surface area contributed by atoms with E-state index in [2.05, 4.69) is 18.7 Å². The third kappa shape index (κ3) is 3.56. The van der Waals surface area contributed by atoms with Crippen LogP contribution >= 0.6 is 0 Å². The highest BCUT2D eigenvalue weighted by molar-refractivity contribution is 4.78. The second-order valence-electron chi connectivity index (χ2n) is 4.59. The number of likely N-dealkylation sites (tertiary alicyclic amines) is 1. The van der Waals surface area contributed by atoms with Crippen molar-refractivity contribution in [1.29, 1.82) is 0 Å². The highest BCUT2D eigenvalue weighted by Gasteiger charge is 2.24. The van der Waals surface area contributed by atoms with Crippen molar-refractivity contribution in [3.8, 4) is 0 Å². The quantitative estimate of drug-likeness (QED) is 0.739. The van der Waals surface area contributed by atoms with Crippen LogP contribution in [0.3, 0.4) is 0 Å². The molecule has 1 aliphatic heterocycles. The molecule has 0 spiro atoms. The number of ether oxygens (including phenoxy) is 1. The van der Waals surface area contributed by atoms with E-state index in [4.69, 9.17) is 4.74 Å². The first-order chi connectivity index (χ1) is 6.63. The van der Waals surface area contributed by atoms with E-state index < -0.39 is 0 Å². The number of rotatable bonds is 4. The van der Waals surface area contributed by atoms with Gasteiger partial charge in [-0.25, -0.2) is 0 Å². The number of piperidine rings is 1. The van der Waals surface area contributed by atoms with Crippen molar-refractivity contribution >= 4 is 0 Å². The number of β-amino-alcohol motifs (C(OH)–C–C–N with tert-alkyl or cyclic N) is 1. The summed E-state index contributed by atoms with van der Waals surface area (Å²) in [7, 11) is 1.63. The lowest BCUT2D eigenvalue weighted by Crippen LogP contribution is -2.45. The Morgan fingerprint density at radius 1 is 1.43 bits per heavy atom. The zero-order chi connectivity index (χ0) is 10.6. The van der Waals surface area contributed by atoms with Crippen molar-refractivity contribution in [2.75, 3.05) is 26.8 Å². The van der Waals surface area contributed by atoms with E-state index in [1.165, 1.54) is 12.8 Å². The Bertz CT molecular complexity index is 163. The summed E-state index contributed by atoms with van der Waals surface area (Å²) >= 11 is 0. The summed E-state index contributed by atoms with van der Waals surface area (Å²) in [6, 6.07) is 0.609. The molecule has 1 saturated heterocycles. The minimum atomic E-state index is -0.340. The molecule has 3 heteroatoms. The summed E-state index contributed by atoms with van der Waals surface area (Å²) in [4.78, 5) is 2.37. The van der Waals surface area contributed by atoms with Gasteiger partial charge in [0.1, 0.15) is 0 Å². The van der Waals surface area contributed by atoms with Crippen LogP contribution < -0.4 is 0 Å². The highest BCUT2D eigenvalue weighted by Crippen LogP contribution is 2.21. The number of aliphatic hydroxyl groups is 1. The monoisotopic (exact) mass is 201 g/mol. The summed E-state index contributed by atoms with van der Waals surface area (Å²) in [5.41, 5.74) is 0. The first-order valence-electron chi connectivity index (χ1n) is 5.54. The number of hydrogen-bond donors (Lipinski definition) is 1. The SMILES string of the molecule is COCC(O)CN1CC(C)CCC1C. The molecule has 1 rings (SSSR count). The summed E-state index contributed by atoms with van der Waals surface area (Å²) in [6.45, 7) is 6.83. The number of hydrogen-bond acceptors (Lipinski definition) is 3. The van der Waals surface area contributed by atoms with E-state index in [0.29, 0.717) is 12.6 Å². The highest BCUT2D eigenvalue weighted by atomic mass is 16.5. The van der Waals surface area contributed by atoms with Crippen molar-refractivity contribution in [2.45, 2.75) is 38.8 Å². The molecule has 1 heterocycles. The van der Waals surface area contributed by atoms with Gasteiger partial charge in [-0.15, -0.1) is 0 Å². The van der Waals surface area contributed by atoms with Gasteiger partial charge in [-0.2, -0.15) is 0 Å². The van der Waals surface area contributed by atoms with Gasteiger partial charge in [-0.1, -0.05) is 6.92 Å². The third-order valence-corrected chi connectivity index (χ3v) is 3.05. The van der Waals surface area contributed by atoms with Crippen LogP contribution in [0.25, 0.3) is 0 Å². The third-order valence-electron chi connectivity index (χ3n) is 3.05. The van der Waals surface area contributed by atoms with Gasteiger partial charge in [0.15, 0.2) is 0 Å². The van der Waals surface area contributed by atoms with Gasteiger partial charge in [0, 0.05) is 26.2 Å². The Balaban J connectivity index is 2.33. The Labute approximate surface area is 87.1 Å². The zero-order valence-corrected chi connectivity index (χ0v) is 9.57.